The summed E-state index contributed by atoms with van der Waals surface area (Å²) in [7, 11) is 0. The number of carbonyl (C=O) groups excluding carboxylic acids is 2. The molecule has 1 aliphatic rings. The summed E-state index contributed by atoms with van der Waals surface area (Å²) in [4.78, 5) is 28.9. The molecule has 2 heterocycles. The molecule has 0 spiro atoms. The Morgan fingerprint density at radius 1 is 1.03 bits per heavy atom. The van der Waals surface area contributed by atoms with Crippen LogP contribution >= 0.6 is 27.5 Å². The van der Waals surface area contributed by atoms with Gasteiger partial charge in [0, 0.05) is 47.7 Å². The van der Waals surface area contributed by atoms with E-state index in [0.29, 0.717) is 49.1 Å². The van der Waals surface area contributed by atoms with Crippen molar-refractivity contribution in [2.75, 3.05) is 36.4 Å². The minimum Gasteiger partial charge on any atom is -0.451 e. The number of hydrogen-bond acceptors (Lipinski definition) is 4. The van der Waals surface area contributed by atoms with Gasteiger partial charge in [0.1, 0.15) is 5.76 Å². The highest BCUT2D eigenvalue weighted by Gasteiger charge is 2.23. The van der Waals surface area contributed by atoms with Gasteiger partial charge in [0.15, 0.2) is 5.76 Å². The zero-order valence-electron chi connectivity index (χ0n) is 17.6. The molecular formula is C24H23BrClN3O3. The Hall–Kier alpha value is -2.77. The van der Waals surface area contributed by atoms with Gasteiger partial charge in [-0.1, -0.05) is 46.6 Å². The number of carbonyl (C=O) groups is 2. The van der Waals surface area contributed by atoms with Gasteiger partial charge in [-0.2, -0.15) is 0 Å². The van der Waals surface area contributed by atoms with Crippen LogP contribution in [0.3, 0.4) is 0 Å². The molecule has 1 N–H and O–H groups in total. The smallest absolute Gasteiger partial charge is 0.291 e. The van der Waals surface area contributed by atoms with Gasteiger partial charge in [0.05, 0.1) is 11.4 Å². The van der Waals surface area contributed by atoms with Crippen molar-refractivity contribution in [1.82, 2.24) is 4.90 Å². The largest absolute Gasteiger partial charge is 0.451 e. The van der Waals surface area contributed by atoms with E-state index in [1.165, 1.54) is 0 Å². The standard InChI is InChI=1S/C24H23BrClN3O3/c1-2-23(30)29-13-11-28(12-14-29)20-8-7-18(26)15-19(20)27-24(31)22-10-9-21(32-22)16-3-5-17(25)6-4-16/h3-10,15H,2,11-14H2,1H3,(H,27,31). The molecule has 6 nitrogen and oxygen atoms in total. The van der Waals surface area contributed by atoms with Gasteiger partial charge >= 0.3 is 0 Å². The molecule has 1 aliphatic heterocycles. The van der Waals surface area contributed by atoms with Crippen molar-refractivity contribution in [1.29, 1.82) is 0 Å². The van der Waals surface area contributed by atoms with Crippen LogP contribution in [-0.2, 0) is 4.79 Å². The van der Waals surface area contributed by atoms with Crippen molar-refractivity contribution in [3.8, 4) is 11.3 Å². The summed E-state index contributed by atoms with van der Waals surface area (Å²) in [5, 5.41) is 3.46. The normalized spacial score (nSPS) is 13.8. The lowest BCUT2D eigenvalue weighted by Gasteiger charge is -2.37. The van der Waals surface area contributed by atoms with Crippen molar-refractivity contribution in [3.63, 3.8) is 0 Å². The first-order valence-corrected chi connectivity index (χ1v) is 11.6. The molecule has 3 aromatic rings. The molecule has 32 heavy (non-hydrogen) atoms. The van der Waals surface area contributed by atoms with E-state index in [0.717, 1.165) is 15.7 Å². The van der Waals surface area contributed by atoms with E-state index in [2.05, 4.69) is 26.1 Å². The average molecular weight is 517 g/mol. The SMILES string of the molecule is CCC(=O)N1CCN(c2ccc(Cl)cc2NC(=O)c2ccc(-c3ccc(Br)cc3)o2)CC1. The molecule has 0 aliphatic carbocycles. The van der Waals surface area contributed by atoms with E-state index in [1.54, 1.807) is 24.3 Å². The monoisotopic (exact) mass is 515 g/mol. The number of anilines is 2. The summed E-state index contributed by atoms with van der Waals surface area (Å²) < 4.78 is 6.77. The predicted molar refractivity (Wildman–Crippen MR) is 130 cm³/mol. The van der Waals surface area contributed by atoms with Crippen molar-refractivity contribution >= 4 is 50.7 Å². The van der Waals surface area contributed by atoms with Gasteiger partial charge < -0.3 is 19.5 Å². The molecule has 166 valence electrons. The minimum absolute atomic E-state index is 0.161. The summed E-state index contributed by atoms with van der Waals surface area (Å²) >= 11 is 9.63. The van der Waals surface area contributed by atoms with Crippen LogP contribution in [0.2, 0.25) is 5.02 Å². The highest BCUT2D eigenvalue weighted by atomic mass is 79.9. The lowest BCUT2D eigenvalue weighted by molar-refractivity contribution is -0.131. The first-order valence-electron chi connectivity index (χ1n) is 10.4. The van der Waals surface area contributed by atoms with Gasteiger partial charge in [-0.15, -0.1) is 0 Å². The molecule has 0 radical (unpaired) electrons. The van der Waals surface area contributed by atoms with E-state index in [4.69, 9.17) is 16.0 Å². The Kier molecular flexibility index (Phi) is 6.86. The number of nitrogens with one attached hydrogen (secondary N) is 1. The molecule has 2 aromatic carbocycles. The van der Waals surface area contributed by atoms with Crippen LogP contribution in [0.15, 0.2) is 63.5 Å². The number of piperazine rings is 1. The van der Waals surface area contributed by atoms with Crippen LogP contribution in [0.4, 0.5) is 11.4 Å². The number of rotatable bonds is 5. The Morgan fingerprint density at radius 3 is 2.44 bits per heavy atom. The first-order chi connectivity index (χ1) is 15.4. The Balaban J connectivity index is 1.50. The van der Waals surface area contributed by atoms with Crippen LogP contribution in [0.25, 0.3) is 11.3 Å². The van der Waals surface area contributed by atoms with E-state index < -0.39 is 0 Å². The van der Waals surface area contributed by atoms with Crippen LogP contribution in [0.5, 0.6) is 0 Å². The molecule has 8 heteroatoms. The number of amides is 2. The summed E-state index contributed by atoms with van der Waals surface area (Å²) in [6.45, 7) is 4.54. The molecule has 0 bridgehead atoms. The summed E-state index contributed by atoms with van der Waals surface area (Å²) in [5.74, 6) is 0.642. The van der Waals surface area contributed by atoms with Gasteiger partial charge in [0.2, 0.25) is 5.91 Å². The highest BCUT2D eigenvalue weighted by Crippen LogP contribution is 2.31. The van der Waals surface area contributed by atoms with Crippen molar-refractivity contribution in [2.24, 2.45) is 0 Å². The highest BCUT2D eigenvalue weighted by molar-refractivity contribution is 9.10. The number of benzene rings is 2. The maximum Gasteiger partial charge on any atom is 0.291 e. The number of halogens is 2. The fraction of sp³-hybridized carbons (Fsp3) is 0.250. The quantitative estimate of drug-likeness (QED) is 0.474. The second-order valence-corrected chi connectivity index (χ2v) is 8.86. The Labute approximate surface area is 200 Å². The molecule has 0 atom stereocenters. The zero-order valence-corrected chi connectivity index (χ0v) is 19.9. The lowest BCUT2D eigenvalue weighted by Crippen LogP contribution is -2.48. The molecule has 1 fully saturated rings. The lowest BCUT2D eigenvalue weighted by atomic mass is 10.2. The summed E-state index contributed by atoms with van der Waals surface area (Å²) in [6.07, 6.45) is 0.508. The third kappa shape index (κ3) is 5.00. The fourth-order valence-corrected chi connectivity index (χ4v) is 4.15. The number of hydrogen-bond donors (Lipinski definition) is 1. The van der Waals surface area contributed by atoms with Crippen LogP contribution in [0.1, 0.15) is 23.9 Å². The Morgan fingerprint density at radius 2 is 1.75 bits per heavy atom. The predicted octanol–water partition coefficient (Wildman–Crippen LogP) is 5.67. The van der Waals surface area contributed by atoms with Gasteiger partial charge in [0.25, 0.3) is 5.91 Å². The Bertz CT molecular complexity index is 1120. The molecular weight excluding hydrogens is 494 g/mol. The van der Waals surface area contributed by atoms with Gasteiger partial charge in [-0.05, 0) is 42.5 Å². The molecule has 0 unspecified atom stereocenters. The van der Waals surface area contributed by atoms with Crippen molar-refractivity contribution < 1.29 is 14.0 Å². The van der Waals surface area contributed by atoms with E-state index >= 15 is 0 Å². The molecule has 2 amide bonds. The van der Waals surface area contributed by atoms with E-state index in [9.17, 15) is 9.59 Å². The van der Waals surface area contributed by atoms with Crippen molar-refractivity contribution in [3.05, 3.63) is 69.9 Å². The van der Waals surface area contributed by atoms with Gasteiger partial charge in [-0.25, -0.2) is 0 Å². The van der Waals surface area contributed by atoms with Crippen LogP contribution in [-0.4, -0.2) is 42.9 Å². The zero-order chi connectivity index (χ0) is 22.7. The summed E-state index contributed by atoms with van der Waals surface area (Å²) in [5.41, 5.74) is 2.36. The summed E-state index contributed by atoms with van der Waals surface area (Å²) in [6, 6.07) is 16.5. The van der Waals surface area contributed by atoms with E-state index in [-0.39, 0.29) is 17.6 Å². The first kappa shape index (κ1) is 22.4. The average Bonchev–Trinajstić information content (AvgIpc) is 3.30. The molecule has 0 saturated carbocycles. The number of furan rings is 1. The molecule has 1 saturated heterocycles. The second-order valence-electron chi connectivity index (χ2n) is 7.51. The van der Waals surface area contributed by atoms with Gasteiger partial charge in [-0.3, -0.25) is 9.59 Å². The molecule has 4 rings (SSSR count). The minimum atomic E-state index is -0.350. The molecule has 1 aromatic heterocycles. The maximum absolute atomic E-state index is 12.9. The third-order valence-corrected chi connectivity index (χ3v) is 6.20. The van der Waals surface area contributed by atoms with Crippen LogP contribution in [0, 0.1) is 0 Å². The van der Waals surface area contributed by atoms with E-state index in [1.807, 2.05) is 42.2 Å². The second kappa shape index (κ2) is 9.79. The third-order valence-electron chi connectivity index (χ3n) is 5.44. The van der Waals surface area contributed by atoms with Crippen LogP contribution < -0.4 is 10.2 Å². The van der Waals surface area contributed by atoms with Crippen molar-refractivity contribution in [2.45, 2.75) is 13.3 Å². The number of nitrogens with zero attached hydrogens (tertiary/aromatic N) is 2. The fourth-order valence-electron chi connectivity index (χ4n) is 3.72. The maximum atomic E-state index is 12.9. The topological polar surface area (TPSA) is 65.8 Å².